The van der Waals surface area contributed by atoms with Crippen LogP contribution in [0.4, 0.5) is 5.82 Å². The highest BCUT2D eigenvalue weighted by Gasteiger charge is 2.14. The van der Waals surface area contributed by atoms with Gasteiger partial charge in [-0.25, -0.2) is 9.97 Å². The summed E-state index contributed by atoms with van der Waals surface area (Å²) in [7, 11) is 0. The summed E-state index contributed by atoms with van der Waals surface area (Å²) >= 11 is 0. The average Bonchev–Trinajstić information content (AvgIpc) is 2.76. The molecule has 2 rings (SSSR count). The highest BCUT2D eigenvalue weighted by Crippen LogP contribution is 2.10. The second kappa shape index (κ2) is 4.79. The van der Waals surface area contributed by atoms with Crippen molar-refractivity contribution in [3.05, 3.63) is 41.7 Å². The van der Waals surface area contributed by atoms with Crippen LogP contribution in [0.15, 0.2) is 29.1 Å². The first-order chi connectivity index (χ1) is 8.58. The molecule has 0 unspecified atom stereocenters. The van der Waals surface area contributed by atoms with Crippen LogP contribution in [-0.2, 0) is 0 Å². The molecule has 0 radical (unpaired) electrons. The number of carbonyl (C=O) groups is 2. The van der Waals surface area contributed by atoms with Crippen LogP contribution < -0.4 is 5.32 Å². The number of pyridine rings is 1. The number of hydrogen-bond donors (Lipinski definition) is 1. The van der Waals surface area contributed by atoms with Crippen LogP contribution in [-0.4, -0.2) is 21.7 Å². The number of nitrogens with zero attached hydrogens (tertiary/aromatic N) is 2. The molecule has 1 N–H and O–H groups in total. The molecule has 1 amide bonds. The number of amides is 1. The molecule has 6 heteroatoms. The van der Waals surface area contributed by atoms with Gasteiger partial charge >= 0.3 is 0 Å². The number of aromatic nitrogens is 2. The topological polar surface area (TPSA) is 85.1 Å². The fourth-order valence-electron chi connectivity index (χ4n) is 1.37. The molecule has 0 aliphatic carbocycles. The summed E-state index contributed by atoms with van der Waals surface area (Å²) in [6.45, 7) is 3.10. The van der Waals surface area contributed by atoms with E-state index < -0.39 is 5.91 Å². The van der Waals surface area contributed by atoms with Crippen LogP contribution in [0.25, 0.3) is 0 Å². The van der Waals surface area contributed by atoms with Crippen molar-refractivity contribution >= 4 is 17.5 Å². The van der Waals surface area contributed by atoms with Crippen molar-refractivity contribution < 1.29 is 14.0 Å². The molecular weight excluding hydrogens is 234 g/mol. The molecular formula is C12H11N3O3. The third-order valence-corrected chi connectivity index (χ3v) is 2.37. The number of Topliss-reactive ketones (excluding diaryl/α,β-unsaturated/α-hetero) is 1. The van der Waals surface area contributed by atoms with E-state index >= 15 is 0 Å². The highest BCUT2D eigenvalue weighted by molar-refractivity contribution is 6.03. The molecule has 0 saturated carbocycles. The molecule has 2 heterocycles. The average molecular weight is 245 g/mol. The van der Waals surface area contributed by atoms with Gasteiger partial charge in [0.25, 0.3) is 5.91 Å². The van der Waals surface area contributed by atoms with E-state index in [-0.39, 0.29) is 11.5 Å². The third kappa shape index (κ3) is 2.42. The van der Waals surface area contributed by atoms with E-state index in [0.717, 1.165) is 0 Å². The molecule has 18 heavy (non-hydrogen) atoms. The summed E-state index contributed by atoms with van der Waals surface area (Å²) in [4.78, 5) is 30.6. The SMILES string of the molecule is CC(=O)c1ccc(NC(=O)c2ncoc2C)nc1. The number of carbonyl (C=O) groups excluding carboxylic acids is 2. The fraction of sp³-hybridized carbons (Fsp3) is 0.167. The van der Waals surface area contributed by atoms with Gasteiger partial charge in [0.1, 0.15) is 11.6 Å². The maximum Gasteiger partial charge on any atom is 0.279 e. The van der Waals surface area contributed by atoms with Crippen molar-refractivity contribution in [1.82, 2.24) is 9.97 Å². The minimum absolute atomic E-state index is 0.0762. The second-order valence-corrected chi connectivity index (χ2v) is 3.70. The van der Waals surface area contributed by atoms with E-state index in [1.165, 1.54) is 19.5 Å². The highest BCUT2D eigenvalue weighted by atomic mass is 16.3. The minimum atomic E-state index is -0.399. The van der Waals surface area contributed by atoms with Crippen LogP contribution in [0.1, 0.15) is 33.5 Å². The Labute approximate surface area is 103 Å². The lowest BCUT2D eigenvalue weighted by Crippen LogP contribution is -2.14. The maximum atomic E-state index is 11.8. The van der Waals surface area contributed by atoms with Gasteiger partial charge in [-0.3, -0.25) is 9.59 Å². The Kier molecular flexibility index (Phi) is 3.18. The van der Waals surface area contributed by atoms with E-state index in [1.807, 2.05) is 0 Å². The fourth-order valence-corrected chi connectivity index (χ4v) is 1.37. The summed E-state index contributed by atoms with van der Waals surface area (Å²) in [5, 5.41) is 2.57. The second-order valence-electron chi connectivity index (χ2n) is 3.70. The van der Waals surface area contributed by atoms with Crippen LogP contribution in [0.2, 0.25) is 0 Å². The van der Waals surface area contributed by atoms with Gasteiger partial charge in [0, 0.05) is 11.8 Å². The van der Waals surface area contributed by atoms with Crippen molar-refractivity contribution in [2.45, 2.75) is 13.8 Å². The van der Waals surface area contributed by atoms with Gasteiger partial charge in [0.05, 0.1) is 0 Å². The van der Waals surface area contributed by atoms with E-state index in [2.05, 4.69) is 15.3 Å². The molecule has 0 atom stereocenters. The van der Waals surface area contributed by atoms with Crippen LogP contribution in [0.3, 0.4) is 0 Å². The van der Waals surface area contributed by atoms with E-state index in [0.29, 0.717) is 17.1 Å². The molecule has 0 saturated heterocycles. The largest absolute Gasteiger partial charge is 0.448 e. The molecule has 2 aromatic heterocycles. The molecule has 2 aromatic rings. The zero-order valence-corrected chi connectivity index (χ0v) is 9.93. The van der Waals surface area contributed by atoms with E-state index in [9.17, 15) is 9.59 Å². The Bertz CT molecular complexity index is 587. The van der Waals surface area contributed by atoms with Gasteiger partial charge in [-0.15, -0.1) is 0 Å². The summed E-state index contributed by atoms with van der Waals surface area (Å²) in [5.74, 6) is 0.317. The summed E-state index contributed by atoms with van der Waals surface area (Å²) in [6, 6.07) is 3.16. The first-order valence-electron chi connectivity index (χ1n) is 5.26. The molecule has 0 aromatic carbocycles. The zero-order valence-electron chi connectivity index (χ0n) is 9.93. The maximum absolute atomic E-state index is 11.8. The number of anilines is 1. The van der Waals surface area contributed by atoms with Gasteiger partial charge in [-0.05, 0) is 26.0 Å². The normalized spacial score (nSPS) is 10.1. The van der Waals surface area contributed by atoms with Gasteiger partial charge < -0.3 is 9.73 Å². The van der Waals surface area contributed by atoms with Crippen molar-refractivity contribution in [2.75, 3.05) is 5.32 Å². The molecule has 92 valence electrons. The third-order valence-electron chi connectivity index (χ3n) is 2.37. The standard InChI is InChI=1S/C12H11N3O3/c1-7(16)9-3-4-10(13-5-9)15-12(17)11-8(2)18-6-14-11/h3-6H,1-2H3,(H,13,15,17). The monoisotopic (exact) mass is 245 g/mol. The Morgan fingerprint density at radius 1 is 1.28 bits per heavy atom. The predicted molar refractivity (Wildman–Crippen MR) is 63.4 cm³/mol. The predicted octanol–water partition coefficient (Wildman–Crippen LogP) is 1.83. The quantitative estimate of drug-likeness (QED) is 0.834. The zero-order chi connectivity index (χ0) is 13.1. The Morgan fingerprint density at radius 3 is 2.56 bits per heavy atom. The number of oxazole rings is 1. The van der Waals surface area contributed by atoms with Gasteiger partial charge in [0.15, 0.2) is 17.9 Å². The Hall–Kier alpha value is -2.50. The molecule has 6 nitrogen and oxygen atoms in total. The Morgan fingerprint density at radius 2 is 2.06 bits per heavy atom. The molecule has 0 spiro atoms. The molecule has 0 aliphatic heterocycles. The molecule has 0 aliphatic rings. The lowest BCUT2D eigenvalue weighted by molar-refractivity contribution is 0.101. The lowest BCUT2D eigenvalue weighted by atomic mass is 10.2. The number of ketones is 1. The Balaban J connectivity index is 2.13. The first-order valence-corrected chi connectivity index (χ1v) is 5.26. The minimum Gasteiger partial charge on any atom is -0.448 e. The van der Waals surface area contributed by atoms with Crippen molar-refractivity contribution in [3.63, 3.8) is 0 Å². The smallest absolute Gasteiger partial charge is 0.279 e. The van der Waals surface area contributed by atoms with Crippen molar-refractivity contribution in [3.8, 4) is 0 Å². The lowest BCUT2D eigenvalue weighted by Gasteiger charge is -2.03. The summed E-state index contributed by atoms with van der Waals surface area (Å²) in [5.41, 5.74) is 0.707. The number of nitrogens with one attached hydrogen (secondary N) is 1. The summed E-state index contributed by atoms with van der Waals surface area (Å²) in [6.07, 6.45) is 2.62. The van der Waals surface area contributed by atoms with E-state index in [1.54, 1.807) is 19.1 Å². The molecule has 0 fully saturated rings. The van der Waals surface area contributed by atoms with Gasteiger partial charge in [-0.2, -0.15) is 0 Å². The number of rotatable bonds is 3. The first kappa shape index (κ1) is 12.0. The molecule has 0 bridgehead atoms. The van der Waals surface area contributed by atoms with Crippen LogP contribution >= 0.6 is 0 Å². The van der Waals surface area contributed by atoms with Crippen LogP contribution in [0, 0.1) is 6.92 Å². The van der Waals surface area contributed by atoms with E-state index in [4.69, 9.17) is 4.42 Å². The van der Waals surface area contributed by atoms with Crippen molar-refractivity contribution in [1.29, 1.82) is 0 Å². The number of aryl methyl sites for hydroxylation is 1. The van der Waals surface area contributed by atoms with Gasteiger partial charge in [0.2, 0.25) is 0 Å². The summed E-state index contributed by atoms with van der Waals surface area (Å²) < 4.78 is 4.94. The van der Waals surface area contributed by atoms with Gasteiger partial charge in [-0.1, -0.05) is 0 Å². The van der Waals surface area contributed by atoms with Crippen molar-refractivity contribution in [2.24, 2.45) is 0 Å². The number of hydrogen-bond acceptors (Lipinski definition) is 5. The van der Waals surface area contributed by atoms with Crippen LogP contribution in [0.5, 0.6) is 0 Å².